The summed E-state index contributed by atoms with van der Waals surface area (Å²) in [4.78, 5) is 24.0. The van der Waals surface area contributed by atoms with E-state index >= 15 is 4.39 Å². The third-order valence-electron chi connectivity index (χ3n) is 8.88. The number of carbonyl (C=O) groups excluding carboxylic acids is 1. The molecule has 0 spiro atoms. The maximum absolute atomic E-state index is 15.9. The van der Waals surface area contributed by atoms with Crippen LogP contribution in [-0.4, -0.2) is 93.0 Å². The Bertz CT molecular complexity index is 1480. The van der Waals surface area contributed by atoms with Gasteiger partial charge in [-0.05, 0) is 71.8 Å². The first-order chi connectivity index (χ1) is 22.2. The van der Waals surface area contributed by atoms with Crippen molar-refractivity contribution in [2.24, 2.45) is 0 Å². The van der Waals surface area contributed by atoms with Crippen LogP contribution in [0.5, 0.6) is 5.88 Å². The van der Waals surface area contributed by atoms with Crippen LogP contribution in [0.25, 0.3) is 5.57 Å². The van der Waals surface area contributed by atoms with E-state index in [1.165, 1.54) is 6.07 Å². The Morgan fingerprint density at radius 2 is 1.75 bits per heavy atom. The molecule has 1 amide bonds. The highest BCUT2D eigenvalue weighted by atomic mass is 28.3. The largest absolute Gasteiger partial charge is 0.478 e. The molecule has 0 saturated carbocycles. The average molecular weight is 694 g/mol. The zero-order valence-corrected chi connectivity index (χ0v) is 30.7. The molecule has 8 nitrogen and oxygen atoms in total. The van der Waals surface area contributed by atoms with E-state index in [9.17, 15) is 18.0 Å². The van der Waals surface area contributed by atoms with Gasteiger partial charge in [0.25, 0.3) is 5.91 Å². The van der Waals surface area contributed by atoms with Crippen molar-refractivity contribution < 1.29 is 31.8 Å². The molecule has 3 heterocycles. The van der Waals surface area contributed by atoms with Gasteiger partial charge in [0.05, 0.1) is 41.4 Å². The SMILES string of the molecule is C[C@@H]1CN(c2cc(F)c(C3=CCN(COC(C)(C)C)CC3)cc2NC(=O)c2cnc(OCC[Si](C)(C)C)cc2C(F)(F)F)C[C@H](C)N1C. The van der Waals surface area contributed by atoms with E-state index in [-0.39, 0.29) is 35.9 Å². The Labute approximate surface area is 283 Å². The third-order valence-corrected chi connectivity index (χ3v) is 10.6. The Morgan fingerprint density at radius 3 is 2.31 bits per heavy atom. The molecule has 0 unspecified atom stereocenters. The highest BCUT2D eigenvalue weighted by molar-refractivity contribution is 6.76. The summed E-state index contributed by atoms with van der Waals surface area (Å²) in [5, 5.41) is 2.72. The highest BCUT2D eigenvalue weighted by Crippen LogP contribution is 2.38. The Kier molecular flexibility index (Phi) is 11.7. The minimum Gasteiger partial charge on any atom is -0.478 e. The van der Waals surface area contributed by atoms with Gasteiger partial charge >= 0.3 is 6.18 Å². The summed E-state index contributed by atoms with van der Waals surface area (Å²) in [6, 6.07) is 4.72. The van der Waals surface area contributed by atoms with Crippen molar-refractivity contribution in [1.29, 1.82) is 0 Å². The second-order valence-corrected chi connectivity index (χ2v) is 20.9. The number of nitrogens with zero attached hydrogens (tertiary/aromatic N) is 4. The molecule has 0 radical (unpaired) electrons. The molecule has 1 saturated heterocycles. The zero-order valence-electron chi connectivity index (χ0n) is 29.7. The standard InChI is InChI=1S/C35H51F4N5O3Si/c1-23-20-44(21-24(2)42(23)6)31-18-29(36)26(25-10-12-43(13-11-25)22-47-34(3,4)5)16-30(31)41-33(45)27-19-40-32(17-28(27)35(37,38)39)46-14-15-48(7,8)9/h10,16-19,23-24H,11-15,20-22H2,1-9H3,(H,41,45)/t23-,24+. The number of likely N-dealkylation sites (N-methyl/N-ethyl adjacent to an activating group) is 1. The highest BCUT2D eigenvalue weighted by Gasteiger charge is 2.37. The molecule has 2 aliphatic rings. The summed E-state index contributed by atoms with van der Waals surface area (Å²) >= 11 is 0. The number of ether oxygens (including phenoxy) is 2. The first-order valence-corrected chi connectivity index (χ1v) is 20.3. The fourth-order valence-corrected chi connectivity index (χ4v) is 6.43. The molecule has 48 heavy (non-hydrogen) atoms. The van der Waals surface area contributed by atoms with E-state index in [1.807, 2.05) is 38.8 Å². The van der Waals surface area contributed by atoms with Crippen LogP contribution >= 0.6 is 0 Å². The first kappa shape index (κ1) is 37.8. The molecule has 2 aliphatic heterocycles. The molecule has 266 valence electrons. The summed E-state index contributed by atoms with van der Waals surface area (Å²) in [5.74, 6) is -1.63. The Morgan fingerprint density at radius 1 is 1.08 bits per heavy atom. The number of carbonyl (C=O) groups is 1. The number of pyridine rings is 1. The summed E-state index contributed by atoms with van der Waals surface area (Å²) < 4.78 is 70.3. The third kappa shape index (κ3) is 10.0. The number of hydrogen-bond donors (Lipinski definition) is 1. The molecule has 1 aromatic carbocycles. The van der Waals surface area contributed by atoms with Crippen molar-refractivity contribution >= 4 is 30.9 Å². The number of aromatic nitrogens is 1. The van der Waals surface area contributed by atoms with E-state index < -0.39 is 37.1 Å². The van der Waals surface area contributed by atoms with Gasteiger partial charge in [0.1, 0.15) is 5.82 Å². The monoisotopic (exact) mass is 693 g/mol. The van der Waals surface area contributed by atoms with Crippen LogP contribution in [0, 0.1) is 5.82 Å². The summed E-state index contributed by atoms with van der Waals surface area (Å²) in [7, 11) is 0.536. The van der Waals surface area contributed by atoms with Crippen LogP contribution in [0.1, 0.15) is 62.5 Å². The maximum atomic E-state index is 15.9. The Hall–Kier alpha value is -3.00. The normalized spacial score (nSPS) is 20.1. The maximum Gasteiger partial charge on any atom is 0.417 e. The molecule has 4 rings (SSSR count). The quantitative estimate of drug-likeness (QED) is 0.203. The lowest BCUT2D eigenvalue weighted by molar-refractivity contribution is -0.138. The Balaban J connectivity index is 1.68. The van der Waals surface area contributed by atoms with Gasteiger partial charge in [-0.2, -0.15) is 13.2 Å². The number of halogens is 4. The van der Waals surface area contributed by atoms with Crippen LogP contribution in [0.2, 0.25) is 25.7 Å². The van der Waals surface area contributed by atoms with Crippen molar-refractivity contribution in [3.63, 3.8) is 0 Å². The second kappa shape index (κ2) is 14.9. The van der Waals surface area contributed by atoms with E-state index in [2.05, 4.69) is 53.6 Å². The van der Waals surface area contributed by atoms with Crippen LogP contribution in [0.4, 0.5) is 28.9 Å². The topological polar surface area (TPSA) is 70.2 Å². The average Bonchev–Trinajstić information content (AvgIpc) is 2.98. The molecular weight excluding hydrogens is 642 g/mol. The van der Waals surface area contributed by atoms with E-state index in [1.54, 1.807) is 6.07 Å². The predicted octanol–water partition coefficient (Wildman–Crippen LogP) is 7.60. The minimum atomic E-state index is -4.83. The van der Waals surface area contributed by atoms with E-state index in [0.29, 0.717) is 50.6 Å². The van der Waals surface area contributed by atoms with Gasteiger partial charge in [-0.15, -0.1) is 0 Å². The van der Waals surface area contributed by atoms with Crippen molar-refractivity contribution in [1.82, 2.24) is 14.8 Å². The fraction of sp³-hybridized carbons (Fsp3) is 0.600. The number of nitrogens with one attached hydrogen (secondary N) is 1. The van der Waals surface area contributed by atoms with Gasteiger partial charge in [0.2, 0.25) is 5.88 Å². The molecule has 13 heteroatoms. The van der Waals surface area contributed by atoms with Crippen LogP contribution < -0.4 is 15.0 Å². The number of anilines is 2. The zero-order chi connectivity index (χ0) is 35.6. The van der Waals surface area contributed by atoms with Crippen molar-refractivity contribution in [2.45, 2.75) is 90.6 Å². The van der Waals surface area contributed by atoms with Crippen LogP contribution in [0.3, 0.4) is 0 Å². The smallest absolute Gasteiger partial charge is 0.417 e. The van der Waals surface area contributed by atoms with Crippen molar-refractivity contribution in [3.8, 4) is 5.88 Å². The molecule has 2 atom stereocenters. The van der Waals surface area contributed by atoms with Gasteiger partial charge in [0.15, 0.2) is 0 Å². The second-order valence-electron chi connectivity index (χ2n) is 15.2. The molecular formula is C35H51F4N5O3Si. The molecule has 0 bridgehead atoms. The van der Waals surface area contributed by atoms with Gasteiger partial charge in [-0.1, -0.05) is 25.7 Å². The van der Waals surface area contributed by atoms with E-state index in [4.69, 9.17) is 9.47 Å². The van der Waals surface area contributed by atoms with Crippen molar-refractivity contribution in [2.75, 3.05) is 56.8 Å². The summed E-state index contributed by atoms with van der Waals surface area (Å²) in [6.07, 6.45) is -1.45. The van der Waals surface area contributed by atoms with Crippen LogP contribution in [-0.2, 0) is 10.9 Å². The lowest BCUT2D eigenvalue weighted by atomic mass is 9.97. The van der Waals surface area contributed by atoms with Gasteiger partial charge in [-0.3, -0.25) is 14.6 Å². The van der Waals surface area contributed by atoms with E-state index in [0.717, 1.165) is 23.9 Å². The van der Waals surface area contributed by atoms with Gasteiger partial charge in [-0.25, -0.2) is 9.37 Å². The first-order valence-electron chi connectivity index (χ1n) is 16.6. The predicted molar refractivity (Wildman–Crippen MR) is 186 cm³/mol. The number of rotatable bonds is 10. The summed E-state index contributed by atoms with van der Waals surface area (Å²) in [5.41, 5.74) is -0.344. The molecule has 2 aromatic rings. The number of hydrogen-bond acceptors (Lipinski definition) is 7. The number of piperazine rings is 1. The lowest BCUT2D eigenvalue weighted by Gasteiger charge is -2.44. The number of benzene rings is 1. The summed E-state index contributed by atoms with van der Waals surface area (Å²) in [6.45, 7) is 19.5. The molecule has 1 fully saturated rings. The number of amides is 1. The molecule has 0 aliphatic carbocycles. The minimum absolute atomic E-state index is 0.122. The molecule has 1 aromatic heterocycles. The molecule has 1 N–H and O–H groups in total. The van der Waals surface area contributed by atoms with Crippen molar-refractivity contribution in [3.05, 3.63) is 53.0 Å². The lowest BCUT2D eigenvalue weighted by Crippen LogP contribution is -2.55. The number of alkyl halides is 3. The van der Waals surface area contributed by atoms with Crippen LogP contribution in [0.15, 0.2) is 30.5 Å². The van der Waals surface area contributed by atoms with Gasteiger partial charge < -0.3 is 19.7 Å². The fourth-order valence-electron chi connectivity index (χ4n) is 5.71. The van der Waals surface area contributed by atoms with Gasteiger partial charge in [0, 0.05) is 64.2 Å².